The summed E-state index contributed by atoms with van der Waals surface area (Å²) in [6.07, 6.45) is 2.19. The van der Waals surface area contributed by atoms with Crippen molar-refractivity contribution in [2.24, 2.45) is 0 Å². The second-order valence-corrected chi connectivity index (χ2v) is 4.49. The van der Waals surface area contributed by atoms with E-state index in [1.807, 2.05) is 20.8 Å². The maximum atomic E-state index is 11.9. The van der Waals surface area contributed by atoms with Gasteiger partial charge >= 0.3 is 0 Å². The number of aromatic nitrogens is 2. The Morgan fingerprint density at radius 1 is 1.56 bits per heavy atom. The lowest BCUT2D eigenvalue weighted by Crippen LogP contribution is -2.33. The third-order valence-corrected chi connectivity index (χ3v) is 3.05. The Balaban J connectivity index is 2.15. The Hall–Kier alpha value is -1.52. The molecule has 3 N–H and O–H groups in total. The quantitative estimate of drug-likeness (QED) is 0.798. The van der Waals surface area contributed by atoms with Crippen molar-refractivity contribution in [3.05, 3.63) is 11.4 Å². The molecule has 16 heavy (non-hydrogen) atoms. The Morgan fingerprint density at radius 2 is 2.19 bits per heavy atom. The lowest BCUT2D eigenvalue weighted by Gasteiger charge is -2.14. The van der Waals surface area contributed by atoms with Crippen LogP contribution < -0.4 is 11.1 Å². The number of anilines is 1. The first-order valence-electron chi connectivity index (χ1n) is 5.62. The molecule has 5 heteroatoms. The van der Waals surface area contributed by atoms with Crippen molar-refractivity contribution in [2.45, 2.75) is 45.7 Å². The predicted octanol–water partition coefficient (Wildman–Crippen LogP) is 0.922. The summed E-state index contributed by atoms with van der Waals surface area (Å²) >= 11 is 0. The van der Waals surface area contributed by atoms with E-state index in [2.05, 4.69) is 10.4 Å². The van der Waals surface area contributed by atoms with Crippen LogP contribution in [0.1, 0.15) is 37.2 Å². The SMILES string of the molecule is Cc1nn(C(C)C(=O)NC2CC2)c(C)c1N. The number of nitrogens with one attached hydrogen (secondary N) is 1. The molecule has 88 valence electrons. The van der Waals surface area contributed by atoms with Gasteiger partial charge in [0.25, 0.3) is 0 Å². The first kappa shape index (κ1) is 11.0. The summed E-state index contributed by atoms with van der Waals surface area (Å²) in [6, 6.07) is 0.0841. The third kappa shape index (κ3) is 1.89. The molecule has 1 heterocycles. The largest absolute Gasteiger partial charge is 0.396 e. The monoisotopic (exact) mass is 222 g/mol. The molecule has 5 nitrogen and oxygen atoms in total. The van der Waals surface area contributed by atoms with E-state index < -0.39 is 0 Å². The van der Waals surface area contributed by atoms with Gasteiger partial charge in [-0.3, -0.25) is 9.48 Å². The van der Waals surface area contributed by atoms with Crippen molar-refractivity contribution < 1.29 is 4.79 Å². The number of rotatable bonds is 3. The van der Waals surface area contributed by atoms with E-state index in [0.717, 1.165) is 24.2 Å². The second-order valence-electron chi connectivity index (χ2n) is 4.49. The molecular weight excluding hydrogens is 204 g/mol. The average molecular weight is 222 g/mol. The fourth-order valence-electron chi connectivity index (χ4n) is 1.71. The van der Waals surface area contributed by atoms with Crippen molar-refractivity contribution in [1.82, 2.24) is 15.1 Å². The molecule has 1 aromatic heterocycles. The van der Waals surface area contributed by atoms with Gasteiger partial charge in [-0.25, -0.2) is 0 Å². The predicted molar refractivity (Wildman–Crippen MR) is 62.0 cm³/mol. The van der Waals surface area contributed by atoms with Gasteiger partial charge in [0, 0.05) is 6.04 Å². The zero-order valence-corrected chi connectivity index (χ0v) is 9.95. The molecule has 1 aliphatic carbocycles. The first-order chi connectivity index (χ1) is 7.50. The number of carbonyl (C=O) groups is 1. The number of aryl methyl sites for hydroxylation is 1. The lowest BCUT2D eigenvalue weighted by atomic mass is 10.3. The smallest absolute Gasteiger partial charge is 0.244 e. The van der Waals surface area contributed by atoms with Crippen LogP contribution in [-0.2, 0) is 4.79 Å². The van der Waals surface area contributed by atoms with Crippen LogP contribution in [-0.4, -0.2) is 21.7 Å². The lowest BCUT2D eigenvalue weighted by molar-refractivity contribution is -0.124. The van der Waals surface area contributed by atoms with Gasteiger partial charge in [-0.1, -0.05) is 0 Å². The van der Waals surface area contributed by atoms with E-state index in [-0.39, 0.29) is 11.9 Å². The minimum atomic E-state index is -0.295. The number of hydrogen-bond donors (Lipinski definition) is 2. The van der Waals surface area contributed by atoms with Crippen LogP contribution in [0.2, 0.25) is 0 Å². The molecule has 0 aromatic carbocycles. The highest BCUT2D eigenvalue weighted by atomic mass is 16.2. The summed E-state index contributed by atoms with van der Waals surface area (Å²) in [4.78, 5) is 11.9. The molecule has 1 aliphatic rings. The van der Waals surface area contributed by atoms with Crippen molar-refractivity contribution in [1.29, 1.82) is 0 Å². The molecule has 2 rings (SSSR count). The number of nitrogens with zero attached hydrogens (tertiary/aromatic N) is 2. The number of amides is 1. The molecule has 0 aliphatic heterocycles. The van der Waals surface area contributed by atoms with E-state index in [1.165, 1.54) is 0 Å². The van der Waals surface area contributed by atoms with Crippen LogP contribution >= 0.6 is 0 Å². The zero-order chi connectivity index (χ0) is 11.9. The minimum absolute atomic E-state index is 0.0214. The van der Waals surface area contributed by atoms with Gasteiger partial charge in [-0.05, 0) is 33.6 Å². The molecule has 1 aromatic rings. The molecule has 1 unspecified atom stereocenters. The van der Waals surface area contributed by atoms with Crippen LogP contribution in [0.4, 0.5) is 5.69 Å². The van der Waals surface area contributed by atoms with Crippen molar-refractivity contribution in [2.75, 3.05) is 5.73 Å². The van der Waals surface area contributed by atoms with E-state index in [0.29, 0.717) is 11.7 Å². The van der Waals surface area contributed by atoms with E-state index in [4.69, 9.17) is 5.73 Å². The molecule has 0 spiro atoms. The summed E-state index contributed by atoms with van der Waals surface area (Å²) in [5.41, 5.74) is 8.15. The number of carbonyl (C=O) groups excluding carboxylic acids is 1. The van der Waals surface area contributed by atoms with Gasteiger partial charge in [0.1, 0.15) is 6.04 Å². The number of nitrogens with two attached hydrogens (primary N) is 1. The Morgan fingerprint density at radius 3 is 2.62 bits per heavy atom. The van der Waals surface area contributed by atoms with E-state index >= 15 is 0 Å². The highest BCUT2D eigenvalue weighted by molar-refractivity contribution is 5.80. The van der Waals surface area contributed by atoms with Crippen molar-refractivity contribution in [3.8, 4) is 0 Å². The Labute approximate surface area is 95.0 Å². The number of nitrogen functional groups attached to an aromatic ring is 1. The van der Waals surface area contributed by atoms with Gasteiger partial charge in [0.05, 0.1) is 17.1 Å². The molecule has 1 fully saturated rings. The van der Waals surface area contributed by atoms with Crippen LogP contribution in [0.25, 0.3) is 0 Å². The summed E-state index contributed by atoms with van der Waals surface area (Å²) in [7, 11) is 0. The van der Waals surface area contributed by atoms with Gasteiger partial charge < -0.3 is 11.1 Å². The zero-order valence-electron chi connectivity index (χ0n) is 9.95. The van der Waals surface area contributed by atoms with Gasteiger partial charge in [0.15, 0.2) is 0 Å². The maximum Gasteiger partial charge on any atom is 0.244 e. The Kier molecular flexibility index (Phi) is 2.61. The second kappa shape index (κ2) is 3.81. The molecule has 0 bridgehead atoms. The van der Waals surface area contributed by atoms with Crippen LogP contribution in [0.3, 0.4) is 0 Å². The molecule has 1 atom stereocenters. The van der Waals surface area contributed by atoms with Crippen molar-refractivity contribution in [3.63, 3.8) is 0 Å². The summed E-state index contributed by atoms with van der Waals surface area (Å²) in [5, 5.41) is 7.26. The average Bonchev–Trinajstić information content (AvgIpc) is 3.02. The van der Waals surface area contributed by atoms with Gasteiger partial charge in [0.2, 0.25) is 5.91 Å². The summed E-state index contributed by atoms with van der Waals surface area (Å²) in [5.74, 6) is 0.0214. The minimum Gasteiger partial charge on any atom is -0.396 e. The maximum absolute atomic E-state index is 11.9. The fraction of sp³-hybridized carbons (Fsp3) is 0.636. The van der Waals surface area contributed by atoms with Crippen LogP contribution in [0.15, 0.2) is 0 Å². The van der Waals surface area contributed by atoms with Crippen LogP contribution in [0, 0.1) is 13.8 Å². The normalized spacial score (nSPS) is 17.2. The molecule has 0 radical (unpaired) electrons. The van der Waals surface area contributed by atoms with E-state index in [9.17, 15) is 4.79 Å². The fourth-order valence-corrected chi connectivity index (χ4v) is 1.71. The number of hydrogen-bond acceptors (Lipinski definition) is 3. The summed E-state index contributed by atoms with van der Waals surface area (Å²) in [6.45, 7) is 5.58. The summed E-state index contributed by atoms with van der Waals surface area (Å²) < 4.78 is 1.70. The topological polar surface area (TPSA) is 72.9 Å². The van der Waals surface area contributed by atoms with Crippen LogP contribution in [0.5, 0.6) is 0 Å². The highest BCUT2D eigenvalue weighted by Gasteiger charge is 2.27. The van der Waals surface area contributed by atoms with E-state index in [1.54, 1.807) is 4.68 Å². The first-order valence-corrected chi connectivity index (χ1v) is 5.62. The van der Waals surface area contributed by atoms with Crippen molar-refractivity contribution >= 4 is 11.6 Å². The molecule has 1 saturated carbocycles. The molecular formula is C11H18N4O. The standard InChI is InChI=1S/C11H18N4O/c1-6-10(12)7(2)15(14-6)8(3)11(16)13-9-4-5-9/h8-9H,4-5,12H2,1-3H3,(H,13,16). The third-order valence-electron chi connectivity index (χ3n) is 3.05. The Bertz CT molecular complexity index is 420. The molecule has 1 amide bonds. The highest BCUT2D eigenvalue weighted by Crippen LogP contribution is 2.22. The van der Waals surface area contributed by atoms with Gasteiger partial charge in [-0.2, -0.15) is 5.10 Å². The molecule has 0 saturated heterocycles. The van der Waals surface area contributed by atoms with Gasteiger partial charge in [-0.15, -0.1) is 0 Å².